The zero-order valence-corrected chi connectivity index (χ0v) is 31.6. The highest BCUT2D eigenvalue weighted by Gasteiger charge is 2.60. The number of aliphatic carboxylic acids is 2. The van der Waals surface area contributed by atoms with Gasteiger partial charge in [0.05, 0.1) is 42.8 Å². The van der Waals surface area contributed by atoms with Crippen LogP contribution in [0, 0.1) is 23.7 Å². The number of esters is 3. The van der Waals surface area contributed by atoms with Crippen LogP contribution in [0.2, 0.25) is 0 Å². The molecule has 1 saturated carbocycles. The lowest BCUT2D eigenvalue weighted by molar-refractivity contribution is -0.177. The maximum absolute atomic E-state index is 13.0. The van der Waals surface area contributed by atoms with Gasteiger partial charge in [-0.15, -0.1) is 0 Å². The van der Waals surface area contributed by atoms with Crippen LogP contribution in [0.3, 0.4) is 0 Å². The molecule has 0 aromatic heterocycles. The summed E-state index contributed by atoms with van der Waals surface area (Å²) in [5.74, 6) is -10.6. The highest BCUT2D eigenvalue weighted by Crippen LogP contribution is 2.46. The second kappa shape index (κ2) is 21.3. The van der Waals surface area contributed by atoms with Gasteiger partial charge in [-0.05, 0) is 104 Å². The quantitative estimate of drug-likeness (QED) is 0.0259. The van der Waals surface area contributed by atoms with E-state index in [0.29, 0.717) is 37.0 Å². The van der Waals surface area contributed by atoms with Crippen LogP contribution in [0.15, 0.2) is 72.8 Å². The van der Waals surface area contributed by atoms with Gasteiger partial charge in [0.2, 0.25) is 0 Å². The van der Waals surface area contributed by atoms with Gasteiger partial charge in [0, 0.05) is 36.4 Å². The Hall–Kier alpha value is -6.52. The van der Waals surface area contributed by atoms with Gasteiger partial charge in [-0.1, -0.05) is 12.1 Å². The summed E-state index contributed by atoms with van der Waals surface area (Å²) >= 11 is 0. The topological polar surface area (TPSA) is 223 Å². The minimum absolute atomic E-state index is 0.0494. The molecule has 3 aromatic carbocycles. The van der Waals surface area contributed by atoms with Crippen molar-refractivity contribution in [3.05, 3.63) is 95.1 Å². The van der Waals surface area contributed by atoms with E-state index in [0.717, 1.165) is 0 Å². The van der Waals surface area contributed by atoms with Crippen molar-refractivity contribution in [2.75, 3.05) is 25.6 Å². The predicted molar refractivity (Wildman–Crippen MR) is 202 cm³/mol. The third-order valence-corrected chi connectivity index (χ3v) is 9.31. The summed E-state index contributed by atoms with van der Waals surface area (Å²) in [7, 11) is 0. The smallest absolute Gasteiger partial charge is 0.389 e. The van der Waals surface area contributed by atoms with E-state index < -0.39 is 78.3 Å². The number of carboxylic acid groups (broad SMARTS) is 2. The number of nitrogens with two attached hydrogens (primary N) is 1. The monoisotopic (exact) mass is 825 g/mol. The van der Waals surface area contributed by atoms with Crippen molar-refractivity contribution in [3.63, 3.8) is 0 Å². The van der Waals surface area contributed by atoms with E-state index in [1.54, 1.807) is 12.1 Å². The number of carbonyl (C=O) groups excluding carboxylic acids is 5. The average Bonchev–Trinajstić information content (AvgIpc) is 3.16. The number of Topliss-reactive ketones (excluding diaryl/α,β-unsaturated/α-hetero) is 1. The van der Waals surface area contributed by atoms with Gasteiger partial charge in [0.25, 0.3) is 0 Å². The molecule has 1 fully saturated rings. The minimum atomic E-state index is -4.25. The fraction of sp³-hybridized carbons (Fsp3) is 0.357. The summed E-state index contributed by atoms with van der Waals surface area (Å²) in [6.45, 7) is 0.111. The normalized spacial score (nSPS) is 17.3. The SMILES string of the molecule is Nc1cc(CC(=O)C2C(C(=O)O)C(C=O)C2C(=O)O)cc(C(=O)OCCCCCCOC(=O)/C=C/c2ccc(OC(=O)c3ccc(OCCCC(F)(F)F)cc3)cc2)c1. The molecule has 0 aliphatic heterocycles. The van der Waals surface area contributed by atoms with Crippen LogP contribution >= 0.6 is 0 Å². The number of aldehydes is 1. The zero-order chi connectivity index (χ0) is 43.1. The Morgan fingerprint density at radius 1 is 0.695 bits per heavy atom. The van der Waals surface area contributed by atoms with Crippen LogP contribution in [-0.4, -0.2) is 78.1 Å². The highest BCUT2D eigenvalue weighted by molar-refractivity contribution is 5.98. The Morgan fingerprint density at radius 3 is 1.90 bits per heavy atom. The van der Waals surface area contributed by atoms with Crippen molar-refractivity contribution in [1.29, 1.82) is 0 Å². The molecule has 14 nitrogen and oxygen atoms in total. The van der Waals surface area contributed by atoms with Crippen LogP contribution in [0.4, 0.5) is 18.9 Å². The summed E-state index contributed by atoms with van der Waals surface area (Å²) in [5.41, 5.74) is 7.20. The largest absolute Gasteiger partial charge is 0.494 e. The van der Waals surface area contributed by atoms with E-state index >= 15 is 0 Å². The summed E-state index contributed by atoms with van der Waals surface area (Å²) in [5, 5.41) is 18.9. The number of unbranched alkanes of at least 4 members (excludes halogenated alkanes) is 3. The Morgan fingerprint density at radius 2 is 1.31 bits per heavy atom. The zero-order valence-electron chi connectivity index (χ0n) is 31.6. The molecule has 0 radical (unpaired) electrons. The molecule has 0 spiro atoms. The number of hydrogen-bond acceptors (Lipinski definition) is 12. The fourth-order valence-corrected chi connectivity index (χ4v) is 6.40. The number of ether oxygens (including phenoxy) is 4. The van der Waals surface area contributed by atoms with Gasteiger partial charge in [0.15, 0.2) is 0 Å². The van der Waals surface area contributed by atoms with Crippen molar-refractivity contribution in [3.8, 4) is 11.5 Å². The molecule has 0 heterocycles. The summed E-state index contributed by atoms with van der Waals surface area (Å²) in [6.07, 6.45) is -0.383. The van der Waals surface area contributed by atoms with Gasteiger partial charge >= 0.3 is 36.0 Å². The third kappa shape index (κ3) is 13.8. The van der Waals surface area contributed by atoms with Crippen molar-refractivity contribution >= 4 is 53.7 Å². The van der Waals surface area contributed by atoms with Gasteiger partial charge in [-0.2, -0.15) is 13.2 Å². The molecule has 4 rings (SSSR count). The third-order valence-electron chi connectivity index (χ3n) is 9.31. The second-order valence-electron chi connectivity index (χ2n) is 13.7. The number of carbonyl (C=O) groups is 7. The first-order chi connectivity index (χ1) is 28.1. The Balaban J connectivity index is 1.10. The number of anilines is 1. The molecule has 0 amide bonds. The molecule has 2 atom stereocenters. The average molecular weight is 826 g/mol. The van der Waals surface area contributed by atoms with Crippen LogP contribution in [0.25, 0.3) is 6.08 Å². The van der Waals surface area contributed by atoms with Gasteiger partial charge in [0.1, 0.15) is 23.6 Å². The van der Waals surface area contributed by atoms with Crippen LogP contribution in [0.5, 0.6) is 11.5 Å². The van der Waals surface area contributed by atoms with Crippen LogP contribution in [0.1, 0.15) is 70.4 Å². The number of hydrogen-bond donors (Lipinski definition) is 3. The van der Waals surface area contributed by atoms with E-state index in [1.165, 1.54) is 66.7 Å². The van der Waals surface area contributed by atoms with E-state index in [2.05, 4.69) is 0 Å². The second-order valence-corrected chi connectivity index (χ2v) is 13.7. The molecule has 3 aromatic rings. The van der Waals surface area contributed by atoms with E-state index in [9.17, 15) is 56.9 Å². The van der Waals surface area contributed by atoms with Crippen molar-refractivity contribution < 1.29 is 75.9 Å². The van der Waals surface area contributed by atoms with Crippen molar-refractivity contribution in [1.82, 2.24) is 0 Å². The minimum Gasteiger partial charge on any atom is -0.494 e. The Labute approximate surface area is 336 Å². The highest BCUT2D eigenvalue weighted by atomic mass is 19.4. The number of alkyl halides is 3. The number of halogens is 3. The van der Waals surface area contributed by atoms with E-state index in [-0.39, 0.29) is 60.7 Å². The lowest BCUT2D eigenvalue weighted by atomic mass is 9.55. The first kappa shape index (κ1) is 45.2. The molecule has 314 valence electrons. The lowest BCUT2D eigenvalue weighted by Gasteiger charge is -2.43. The number of nitrogen functional groups attached to an aromatic ring is 1. The predicted octanol–water partition coefficient (Wildman–Crippen LogP) is 6.14. The maximum Gasteiger partial charge on any atom is 0.389 e. The lowest BCUT2D eigenvalue weighted by Crippen LogP contribution is -2.58. The first-order valence-corrected chi connectivity index (χ1v) is 18.5. The Kier molecular flexibility index (Phi) is 16.3. The molecule has 1 aliphatic rings. The molecule has 17 heteroatoms. The summed E-state index contributed by atoms with van der Waals surface area (Å²) in [6, 6.07) is 16.2. The molecular formula is C42H42F3NO13. The molecule has 0 saturated heterocycles. The summed E-state index contributed by atoms with van der Waals surface area (Å²) in [4.78, 5) is 84.9. The Bertz CT molecular complexity index is 1990. The molecule has 4 N–H and O–H groups in total. The van der Waals surface area contributed by atoms with Crippen molar-refractivity contribution in [2.24, 2.45) is 23.7 Å². The molecular weight excluding hydrogens is 783 g/mol. The molecule has 1 aliphatic carbocycles. The van der Waals surface area contributed by atoms with Gasteiger partial charge in [-0.3, -0.25) is 14.4 Å². The molecule has 2 unspecified atom stereocenters. The maximum atomic E-state index is 13.0. The standard InChI is InChI=1S/C42H42F3NO13/c43-42(44,45)16-5-19-56-30-13-9-27(10-14-30)41(55)59-31-11-6-25(7-12-31)8-15-34(49)57-17-3-1-2-4-18-58-40(54)28-20-26(21-29(46)23-28)22-33(48)37-35(38(50)51)32(24-47)36(37)39(52)53/h6-15,20-21,23-24,32,35-37H,1-5,16-19,22,46H2,(H,50,51)(H,52,53)/b15-8+. The molecule has 59 heavy (non-hydrogen) atoms. The van der Waals surface area contributed by atoms with E-state index in [4.69, 9.17) is 24.7 Å². The summed E-state index contributed by atoms with van der Waals surface area (Å²) < 4.78 is 57.9. The number of ketones is 1. The number of rotatable bonds is 22. The number of benzene rings is 3. The van der Waals surface area contributed by atoms with Crippen LogP contribution in [-0.2, 0) is 39.9 Å². The fourth-order valence-electron chi connectivity index (χ4n) is 6.40. The van der Waals surface area contributed by atoms with Gasteiger partial charge in [-0.25, -0.2) is 14.4 Å². The first-order valence-electron chi connectivity index (χ1n) is 18.5. The van der Waals surface area contributed by atoms with Crippen LogP contribution < -0.4 is 15.2 Å². The van der Waals surface area contributed by atoms with E-state index in [1.807, 2.05) is 0 Å². The number of carboxylic acids is 2. The van der Waals surface area contributed by atoms with Gasteiger partial charge < -0.3 is 39.7 Å². The molecule has 0 bridgehead atoms. The van der Waals surface area contributed by atoms with Crippen molar-refractivity contribution in [2.45, 2.75) is 51.1 Å².